The maximum atomic E-state index is 9.69. The summed E-state index contributed by atoms with van der Waals surface area (Å²) in [6.45, 7) is 2.68. The van der Waals surface area contributed by atoms with Gasteiger partial charge < -0.3 is 10.4 Å². The zero-order valence-electron chi connectivity index (χ0n) is 9.28. The molecule has 0 amide bonds. The van der Waals surface area contributed by atoms with E-state index in [-0.39, 0.29) is 11.4 Å². The fourth-order valence-electron chi connectivity index (χ4n) is 2.08. The minimum absolute atomic E-state index is 0.176. The second-order valence-corrected chi connectivity index (χ2v) is 4.65. The van der Waals surface area contributed by atoms with E-state index < -0.39 is 0 Å². The second-order valence-electron chi connectivity index (χ2n) is 4.31. The summed E-state index contributed by atoms with van der Waals surface area (Å²) in [5.41, 5.74) is 0.969. The van der Waals surface area contributed by atoms with Crippen molar-refractivity contribution >= 4 is 17.4 Å². The molecule has 2 atom stereocenters. The number of hydrogen-bond donors (Lipinski definition) is 2. The van der Waals surface area contributed by atoms with Gasteiger partial charge in [-0.15, -0.1) is 0 Å². The fourth-order valence-corrected chi connectivity index (χ4v) is 2.22. The van der Waals surface area contributed by atoms with Crippen LogP contribution in [0.4, 0.5) is 5.82 Å². The molecule has 16 heavy (non-hydrogen) atoms. The number of nitrogens with one attached hydrogen (secondary N) is 1. The zero-order valence-corrected chi connectivity index (χ0v) is 10.0. The SMILES string of the molecule is Cc1cnc(Cl)nc1NCC1CCCC1O. The van der Waals surface area contributed by atoms with E-state index in [9.17, 15) is 5.11 Å². The van der Waals surface area contributed by atoms with Gasteiger partial charge in [-0.2, -0.15) is 0 Å². The summed E-state index contributed by atoms with van der Waals surface area (Å²) in [6, 6.07) is 0. The first-order chi connectivity index (χ1) is 7.66. The molecule has 1 heterocycles. The first-order valence-electron chi connectivity index (χ1n) is 5.58. The van der Waals surface area contributed by atoms with Crippen molar-refractivity contribution < 1.29 is 5.11 Å². The highest BCUT2D eigenvalue weighted by Gasteiger charge is 2.24. The predicted molar refractivity (Wildman–Crippen MR) is 63.6 cm³/mol. The molecule has 0 bridgehead atoms. The van der Waals surface area contributed by atoms with Gasteiger partial charge in [0.25, 0.3) is 0 Å². The molecule has 2 unspecified atom stereocenters. The van der Waals surface area contributed by atoms with Gasteiger partial charge in [-0.3, -0.25) is 0 Å². The van der Waals surface area contributed by atoms with Crippen LogP contribution < -0.4 is 5.32 Å². The standard InChI is InChI=1S/C11H16ClN3O/c1-7-5-14-11(12)15-10(7)13-6-8-3-2-4-9(8)16/h5,8-9,16H,2-4,6H2,1H3,(H,13,14,15). The average Bonchev–Trinajstić information content (AvgIpc) is 2.66. The van der Waals surface area contributed by atoms with E-state index in [0.29, 0.717) is 5.92 Å². The molecule has 1 aliphatic carbocycles. The Morgan fingerprint density at radius 1 is 1.56 bits per heavy atom. The molecular weight excluding hydrogens is 226 g/mol. The third-order valence-electron chi connectivity index (χ3n) is 3.09. The van der Waals surface area contributed by atoms with Crippen LogP contribution in [0.1, 0.15) is 24.8 Å². The van der Waals surface area contributed by atoms with Crippen LogP contribution in [0.2, 0.25) is 5.28 Å². The summed E-state index contributed by atoms with van der Waals surface area (Å²) in [5, 5.41) is 13.2. The molecule has 1 fully saturated rings. The Bertz CT molecular complexity index is 372. The number of nitrogens with zero attached hydrogens (tertiary/aromatic N) is 2. The second kappa shape index (κ2) is 4.97. The molecule has 2 N–H and O–H groups in total. The highest BCUT2D eigenvalue weighted by Crippen LogP contribution is 2.26. The summed E-state index contributed by atoms with van der Waals surface area (Å²) in [5.74, 6) is 1.09. The number of aliphatic hydroxyl groups is 1. The number of aromatic nitrogens is 2. The first kappa shape index (κ1) is 11.6. The van der Waals surface area contributed by atoms with E-state index >= 15 is 0 Å². The van der Waals surface area contributed by atoms with Gasteiger partial charge in [-0.05, 0) is 31.4 Å². The highest BCUT2D eigenvalue weighted by molar-refractivity contribution is 6.28. The van der Waals surface area contributed by atoms with Gasteiger partial charge >= 0.3 is 0 Å². The summed E-state index contributed by atoms with van der Waals surface area (Å²) >= 11 is 5.73. The number of anilines is 1. The van der Waals surface area contributed by atoms with Gasteiger partial charge in [0.15, 0.2) is 0 Å². The van der Waals surface area contributed by atoms with Gasteiger partial charge in [0.2, 0.25) is 5.28 Å². The minimum atomic E-state index is -0.176. The Labute approximate surface area is 100 Å². The van der Waals surface area contributed by atoms with Crippen molar-refractivity contribution in [2.24, 2.45) is 5.92 Å². The zero-order chi connectivity index (χ0) is 11.5. The number of halogens is 1. The fraction of sp³-hybridized carbons (Fsp3) is 0.636. The summed E-state index contributed by atoms with van der Waals surface area (Å²) in [7, 11) is 0. The predicted octanol–water partition coefficient (Wildman–Crippen LogP) is 2.01. The Balaban J connectivity index is 1.96. The molecule has 0 spiro atoms. The van der Waals surface area contributed by atoms with Gasteiger partial charge in [-0.1, -0.05) is 6.42 Å². The topological polar surface area (TPSA) is 58.0 Å². The van der Waals surface area contributed by atoms with Crippen molar-refractivity contribution in [3.8, 4) is 0 Å². The average molecular weight is 242 g/mol. The molecule has 5 heteroatoms. The first-order valence-corrected chi connectivity index (χ1v) is 5.95. The van der Waals surface area contributed by atoms with Crippen molar-refractivity contribution in [1.82, 2.24) is 9.97 Å². The van der Waals surface area contributed by atoms with E-state index in [4.69, 9.17) is 11.6 Å². The van der Waals surface area contributed by atoms with Crippen molar-refractivity contribution in [1.29, 1.82) is 0 Å². The molecule has 1 aromatic heterocycles. The maximum absolute atomic E-state index is 9.69. The lowest BCUT2D eigenvalue weighted by Crippen LogP contribution is -2.22. The largest absolute Gasteiger partial charge is 0.393 e. The molecule has 88 valence electrons. The lowest BCUT2D eigenvalue weighted by Gasteiger charge is -2.16. The van der Waals surface area contributed by atoms with Crippen LogP contribution >= 0.6 is 11.6 Å². The van der Waals surface area contributed by atoms with Gasteiger partial charge in [0.05, 0.1) is 6.10 Å². The third kappa shape index (κ3) is 2.62. The van der Waals surface area contributed by atoms with Crippen LogP contribution in [0, 0.1) is 12.8 Å². The molecule has 1 aromatic rings. The Kier molecular flexibility index (Phi) is 3.61. The lowest BCUT2D eigenvalue weighted by atomic mass is 10.1. The Hall–Kier alpha value is -0.870. The van der Waals surface area contributed by atoms with E-state index in [1.165, 1.54) is 0 Å². The summed E-state index contributed by atoms with van der Waals surface area (Å²) < 4.78 is 0. The highest BCUT2D eigenvalue weighted by atomic mass is 35.5. The van der Waals surface area contributed by atoms with E-state index in [0.717, 1.165) is 37.2 Å². The number of aliphatic hydroxyl groups excluding tert-OH is 1. The molecular formula is C11H16ClN3O. The van der Waals surface area contributed by atoms with Crippen LogP contribution in [0.25, 0.3) is 0 Å². The van der Waals surface area contributed by atoms with Gasteiger partial charge in [-0.25, -0.2) is 9.97 Å². The monoisotopic (exact) mass is 241 g/mol. The molecule has 0 radical (unpaired) electrons. The minimum Gasteiger partial charge on any atom is -0.393 e. The third-order valence-corrected chi connectivity index (χ3v) is 3.28. The molecule has 0 saturated heterocycles. The van der Waals surface area contributed by atoms with Crippen LogP contribution in [-0.2, 0) is 0 Å². The molecule has 4 nitrogen and oxygen atoms in total. The molecule has 2 rings (SSSR count). The Morgan fingerprint density at radius 2 is 2.38 bits per heavy atom. The van der Waals surface area contributed by atoms with Crippen LogP contribution in [-0.4, -0.2) is 27.7 Å². The van der Waals surface area contributed by atoms with Crippen LogP contribution in [0.15, 0.2) is 6.20 Å². The smallest absolute Gasteiger partial charge is 0.224 e. The van der Waals surface area contributed by atoms with Crippen molar-refractivity contribution in [2.75, 3.05) is 11.9 Å². The van der Waals surface area contributed by atoms with E-state index in [2.05, 4.69) is 15.3 Å². The molecule has 1 saturated carbocycles. The lowest BCUT2D eigenvalue weighted by molar-refractivity contribution is 0.138. The number of hydrogen-bond acceptors (Lipinski definition) is 4. The summed E-state index contributed by atoms with van der Waals surface area (Å²) in [6.07, 6.45) is 4.62. The van der Waals surface area contributed by atoms with E-state index in [1.54, 1.807) is 6.20 Å². The van der Waals surface area contributed by atoms with E-state index in [1.807, 2.05) is 6.92 Å². The van der Waals surface area contributed by atoms with Crippen molar-refractivity contribution in [3.05, 3.63) is 17.0 Å². The van der Waals surface area contributed by atoms with Crippen LogP contribution in [0.5, 0.6) is 0 Å². The normalized spacial score (nSPS) is 24.7. The van der Waals surface area contributed by atoms with Crippen LogP contribution in [0.3, 0.4) is 0 Å². The number of rotatable bonds is 3. The quantitative estimate of drug-likeness (QED) is 0.795. The Morgan fingerprint density at radius 3 is 3.06 bits per heavy atom. The molecule has 1 aliphatic rings. The number of aryl methyl sites for hydroxylation is 1. The van der Waals surface area contributed by atoms with Crippen molar-refractivity contribution in [3.63, 3.8) is 0 Å². The van der Waals surface area contributed by atoms with Gasteiger partial charge in [0.1, 0.15) is 5.82 Å². The molecule has 0 aliphatic heterocycles. The van der Waals surface area contributed by atoms with Gasteiger partial charge in [0, 0.05) is 24.2 Å². The maximum Gasteiger partial charge on any atom is 0.224 e. The molecule has 0 aromatic carbocycles. The summed E-state index contributed by atoms with van der Waals surface area (Å²) in [4.78, 5) is 8.02. The van der Waals surface area contributed by atoms with Crippen molar-refractivity contribution in [2.45, 2.75) is 32.3 Å².